The van der Waals surface area contributed by atoms with Crippen LogP contribution < -0.4 is 9.64 Å². The SMILES string of the molecule is CCN(C(=O)CCCOc1ccc(F)cc1)c1cccc(F)c1. The van der Waals surface area contributed by atoms with E-state index in [4.69, 9.17) is 4.74 Å². The van der Waals surface area contributed by atoms with Crippen LogP contribution in [0.3, 0.4) is 0 Å². The van der Waals surface area contributed by atoms with Crippen LogP contribution >= 0.6 is 0 Å². The van der Waals surface area contributed by atoms with Gasteiger partial charge in [-0.05, 0) is 55.8 Å². The van der Waals surface area contributed by atoms with Crippen LogP contribution in [0, 0.1) is 11.6 Å². The molecule has 0 atom stereocenters. The van der Waals surface area contributed by atoms with Gasteiger partial charge in [-0.1, -0.05) is 6.07 Å². The van der Waals surface area contributed by atoms with Crippen molar-refractivity contribution in [2.45, 2.75) is 19.8 Å². The van der Waals surface area contributed by atoms with E-state index in [0.717, 1.165) is 0 Å². The molecule has 0 aromatic heterocycles. The van der Waals surface area contributed by atoms with E-state index in [2.05, 4.69) is 0 Å². The van der Waals surface area contributed by atoms with Gasteiger partial charge in [0.15, 0.2) is 0 Å². The number of amides is 1. The summed E-state index contributed by atoms with van der Waals surface area (Å²) in [6.07, 6.45) is 0.827. The molecular formula is C18H19F2NO2. The first-order valence-electron chi connectivity index (χ1n) is 7.54. The van der Waals surface area contributed by atoms with E-state index >= 15 is 0 Å². The standard InChI is InChI=1S/C18H19F2NO2/c1-2-21(16-6-3-5-15(20)13-16)18(22)7-4-12-23-17-10-8-14(19)9-11-17/h3,5-6,8-11,13H,2,4,7,12H2,1H3. The number of ether oxygens (including phenoxy) is 1. The maximum Gasteiger partial charge on any atom is 0.227 e. The van der Waals surface area contributed by atoms with Crippen LogP contribution in [0.5, 0.6) is 5.75 Å². The molecule has 0 bridgehead atoms. The molecule has 2 aromatic carbocycles. The fourth-order valence-corrected chi connectivity index (χ4v) is 2.23. The number of carbonyl (C=O) groups excluding carboxylic acids is 1. The van der Waals surface area contributed by atoms with Crippen molar-refractivity contribution in [1.82, 2.24) is 0 Å². The number of nitrogens with zero attached hydrogens (tertiary/aromatic N) is 1. The van der Waals surface area contributed by atoms with E-state index in [0.29, 0.717) is 37.4 Å². The summed E-state index contributed by atoms with van der Waals surface area (Å²) in [5.74, 6) is -0.202. The van der Waals surface area contributed by atoms with E-state index in [1.54, 1.807) is 29.2 Å². The Bertz CT molecular complexity index is 644. The normalized spacial score (nSPS) is 10.4. The van der Waals surface area contributed by atoms with Crippen molar-refractivity contribution in [1.29, 1.82) is 0 Å². The average molecular weight is 319 g/mol. The smallest absolute Gasteiger partial charge is 0.227 e. The molecule has 0 heterocycles. The van der Waals surface area contributed by atoms with Crippen LogP contribution in [0.2, 0.25) is 0 Å². The highest BCUT2D eigenvalue weighted by Gasteiger charge is 2.14. The number of benzene rings is 2. The fraction of sp³-hybridized carbons (Fsp3) is 0.278. The minimum Gasteiger partial charge on any atom is -0.494 e. The third kappa shape index (κ3) is 5.06. The minimum atomic E-state index is -0.367. The van der Waals surface area contributed by atoms with Crippen molar-refractivity contribution in [2.24, 2.45) is 0 Å². The number of hydrogen-bond donors (Lipinski definition) is 0. The first kappa shape index (κ1) is 16.9. The third-order valence-corrected chi connectivity index (χ3v) is 3.35. The zero-order valence-electron chi connectivity index (χ0n) is 13.0. The third-order valence-electron chi connectivity index (χ3n) is 3.35. The molecule has 0 saturated heterocycles. The van der Waals surface area contributed by atoms with Gasteiger partial charge in [-0.3, -0.25) is 4.79 Å². The first-order chi connectivity index (χ1) is 11.1. The van der Waals surface area contributed by atoms with Crippen LogP contribution in [0.15, 0.2) is 48.5 Å². The highest BCUT2D eigenvalue weighted by molar-refractivity contribution is 5.93. The highest BCUT2D eigenvalue weighted by Crippen LogP contribution is 2.17. The van der Waals surface area contributed by atoms with Crippen molar-refractivity contribution < 1.29 is 18.3 Å². The summed E-state index contributed by atoms with van der Waals surface area (Å²) < 4.78 is 31.5. The molecular weight excluding hydrogens is 300 g/mol. The van der Waals surface area contributed by atoms with Gasteiger partial charge in [0.25, 0.3) is 0 Å². The van der Waals surface area contributed by atoms with E-state index in [1.807, 2.05) is 6.92 Å². The average Bonchev–Trinajstić information content (AvgIpc) is 2.54. The molecule has 122 valence electrons. The van der Waals surface area contributed by atoms with Gasteiger partial charge in [-0.2, -0.15) is 0 Å². The lowest BCUT2D eigenvalue weighted by molar-refractivity contribution is -0.118. The largest absolute Gasteiger partial charge is 0.494 e. The van der Waals surface area contributed by atoms with Gasteiger partial charge in [0, 0.05) is 18.7 Å². The van der Waals surface area contributed by atoms with Crippen LogP contribution in [0.4, 0.5) is 14.5 Å². The molecule has 0 saturated carbocycles. The van der Waals surface area contributed by atoms with E-state index in [-0.39, 0.29) is 17.5 Å². The number of anilines is 1. The van der Waals surface area contributed by atoms with E-state index < -0.39 is 0 Å². The van der Waals surface area contributed by atoms with E-state index in [9.17, 15) is 13.6 Å². The fourth-order valence-electron chi connectivity index (χ4n) is 2.23. The number of halogens is 2. The molecule has 0 fully saturated rings. The predicted molar refractivity (Wildman–Crippen MR) is 85.6 cm³/mol. The Morgan fingerprint density at radius 2 is 1.83 bits per heavy atom. The predicted octanol–water partition coefficient (Wildman–Crippen LogP) is 4.18. The second kappa shape index (κ2) is 8.27. The second-order valence-electron chi connectivity index (χ2n) is 5.02. The Morgan fingerprint density at radius 3 is 2.48 bits per heavy atom. The van der Waals surface area contributed by atoms with Gasteiger partial charge in [0.05, 0.1) is 6.61 Å². The Labute approximate surface area is 134 Å². The maximum absolute atomic E-state index is 13.3. The van der Waals surface area contributed by atoms with Gasteiger partial charge in [0.1, 0.15) is 17.4 Å². The molecule has 0 spiro atoms. The van der Waals surface area contributed by atoms with Gasteiger partial charge in [0.2, 0.25) is 5.91 Å². The van der Waals surface area contributed by atoms with Crippen LogP contribution in [-0.4, -0.2) is 19.1 Å². The molecule has 0 radical (unpaired) electrons. The highest BCUT2D eigenvalue weighted by atomic mass is 19.1. The van der Waals surface area contributed by atoms with Gasteiger partial charge < -0.3 is 9.64 Å². The zero-order chi connectivity index (χ0) is 16.7. The lowest BCUT2D eigenvalue weighted by atomic mass is 10.2. The Balaban J connectivity index is 1.82. The Morgan fingerprint density at radius 1 is 1.09 bits per heavy atom. The summed E-state index contributed by atoms with van der Waals surface area (Å²) >= 11 is 0. The molecule has 0 aliphatic heterocycles. The molecule has 1 amide bonds. The minimum absolute atomic E-state index is 0.0826. The number of carbonyl (C=O) groups is 1. The maximum atomic E-state index is 13.3. The summed E-state index contributed by atoms with van der Waals surface area (Å²) in [5, 5.41) is 0. The van der Waals surface area contributed by atoms with Gasteiger partial charge in [-0.25, -0.2) is 8.78 Å². The zero-order valence-corrected chi connectivity index (χ0v) is 13.0. The summed E-state index contributed by atoms with van der Waals surface area (Å²) in [7, 11) is 0. The van der Waals surface area contributed by atoms with E-state index in [1.165, 1.54) is 24.3 Å². The molecule has 0 unspecified atom stereocenters. The quantitative estimate of drug-likeness (QED) is 0.717. The molecule has 0 aliphatic rings. The molecule has 0 aliphatic carbocycles. The van der Waals surface area contributed by atoms with Crippen molar-refractivity contribution in [2.75, 3.05) is 18.1 Å². The molecule has 23 heavy (non-hydrogen) atoms. The van der Waals surface area contributed by atoms with Crippen molar-refractivity contribution in [3.63, 3.8) is 0 Å². The Kier molecular flexibility index (Phi) is 6.09. The summed E-state index contributed by atoms with van der Waals surface area (Å²) in [4.78, 5) is 13.8. The van der Waals surface area contributed by atoms with Crippen LogP contribution in [0.1, 0.15) is 19.8 Å². The Hall–Kier alpha value is -2.43. The number of rotatable bonds is 7. The molecule has 0 N–H and O–H groups in total. The van der Waals surface area contributed by atoms with Crippen molar-refractivity contribution in [3.8, 4) is 5.75 Å². The summed E-state index contributed by atoms with van der Waals surface area (Å²) in [6, 6.07) is 11.7. The van der Waals surface area contributed by atoms with Gasteiger partial charge in [-0.15, -0.1) is 0 Å². The van der Waals surface area contributed by atoms with Gasteiger partial charge >= 0.3 is 0 Å². The van der Waals surface area contributed by atoms with Crippen molar-refractivity contribution >= 4 is 11.6 Å². The lowest BCUT2D eigenvalue weighted by Gasteiger charge is -2.21. The van der Waals surface area contributed by atoms with Crippen molar-refractivity contribution in [3.05, 3.63) is 60.2 Å². The van der Waals surface area contributed by atoms with Crippen LogP contribution in [0.25, 0.3) is 0 Å². The molecule has 5 heteroatoms. The first-order valence-corrected chi connectivity index (χ1v) is 7.54. The van der Waals surface area contributed by atoms with Crippen LogP contribution in [-0.2, 0) is 4.79 Å². The number of hydrogen-bond acceptors (Lipinski definition) is 2. The lowest BCUT2D eigenvalue weighted by Crippen LogP contribution is -2.30. The topological polar surface area (TPSA) is 29.5 Å². The molecule has 2 rings (SSSR count). The summed E-state index contributed by atoms with van der Waals surface area (Å²) in [6.45, 7) is 2.68. The second-order valence-corrected chi connectivity index (χ2v) is 5.02. The monoisotopic (exact) mass is 319 g/mol. The molecule has 3 nitrogen and oxygen atoms in total. The molecule has 2 aromatic rings. The summed E-state index contributed by atoms with van der Waals surface area (Å²) in [5.41, 5.74) is 0.553.